The van der Waals surface area contributed by atoms with Crippen molar-refractivity contribution in [2.45, 2.75) is 31.4 Å². The molecule has 27 heavy (non-hydrogen) atoms. The van der Waals surface area contributed by atoms with E-state index in [1.807, 2.05) is 6.07 Å². The number of anilines is 1. The molecule has 0 unspecified atom stereocenters. The average molecular weight is 391 g/mol. The number of para-hydroxylation sites is 1. The Morgan fingerprint density at radius 1 is 1.22 bits per heavy atom. The first-order valence-corrected chi connectivity index (χ1v) is 9.10. The summed E-state index contributed by atoms with van der Waals surface area (Å²) in [5, 5.41) is 13.6. The van der Waals surface area contributed by atoms with Gasteiger partial charge in [-0.15, -0.1) is 0 Å². The second-order valence-electron chi connectivity index (χ2n) is 6.57. The molecule has 2 aromatic rings. The molecule has 0 aromatic heterocycles. The average Bonchev–Trinajstić information content (AvgIpc) is 2.80. The molecule has 0 aliphatic carbocycles. The van der Waals surface area contributed by atoms with Gasteiger partial charge in [-0.05, 0) is 55.2 Å². The van der Waals surface area contributed by atoms with Crippen LogP contribution in [0.3, 0.4) is 0 Å². The second-order valence-corrected chi connectivity index (χ2v) is 7.01. The number of hydrogen-bond donors (Lipinski definition) is 2. The number of aliphatic hydroxyl groups is 1. The maximum atomic E-state index is 13.4. The monoisotopic (exact) mass is 390 g/mol. The van der Waals surface area contributed by atoms with Crippen LogP contribution in [0.2, 0.25) is 5.02 Å². The third-order valence-corrected chi connectivity index (χ3v) is 4.81. The van der Waals surface area contributed by atoms with Gasteiger partial charge in [0.2, 0.25) is 5.60 Å². The minimum atomic E-state index is -2.16. The Kier molecular flexibility index (Phi) is 5.77. The van der Waals surface area contributed by atoms with Crippen molar-refractivity contribution in [2.24, 2.45) is 0 Å². The van der Waals surface area contributed by atoms with Crippen LogP contribution in [0.25, 0.3) is 0 Å². The molecule has 1 aliphatic heterocycles. The summed E-state index contributed by atoms with van der Waals surface area (Å²) in [7, 11) is 0. The van der Waals surface area contributed by atoms with E-state index in [1.165, 1.54) is 17.0 Å². The van der Waals surface area contributed by atoms with Crippen molar-refractivity contribution in [3.8, 4) is 0 Å². The molecule has 1 atom stereocenters. The molecule has 1 fully saturated rings. The molecule has 2 amide bonds. The molecule has 2 N–H and O–H groups in total. The highest BCUT2D eigenvalue weighted by Gasteiger charge is 2.47. The number of rotatable bonds is 4. The molecule has 0 spiro atoms. The van der Waals surface area contributed by atoms with E-state index in [-0.39, 0.29) is 18.0 Å². The number of nitrogens with one attached hydrogen (secondary N) is 1. The Morgan fingerprint density at radius 3 is 2.67 bits per heavy atom. The summed E-state index contributed by atoms with van der Waals surface area (Å²) in [4.78, 5) is 27.1. The van der Waals surface area contributed by atoms with Crippen molar-refractivity contribution in [1.29, 1.82) is 0 Å². The van der Waals surface area contributed by atoms with Crippen molar-refractivity contribution in [2.75, 3.05) is 11.4 Å². The van der Waals surface area contributed by atoms with E-state index in [0.717, 1.165) is 6.07 Å². The number of nitrogens with zero attached hydrogens (tertiary/aromatic N) is 1. The van der Waals surface area contributed by atoms with Gasteiger partial charge in [-0.3, -0.25) is 9.59 Å². The molecular formula is C20H20ClFN2O3. The van der Waals surface area contributed by atoms with E-state index in [9.17, 15) is 19.1 Å². The smallest absolute Gasteiger partial charge is 0.268 e. The van der Waals surface area contributed by atoms with Crippen LogP contribution in [0, 0.1) is 5.82 Å². The highest BCUT2D eigenvalue weighted by atomic mass is 35.5. The normalized spacial score (nSPS) is 20.3. The Morgan fingerprint density at radius 2 is 1.96 bits per heavy atom. The van der Waals surface area contributed by atoms with Gasteiger partial charge in [0.1, 0.15) is 5.82 Å². The van der Waals surface area contributed by atoms with Gasteiger partial charge >= 0.3 is 0 Å². The zero-order valence-electron chi connectivity index (χ0n) is 14.6. The zero-order chi connectivity index (χ0) is 19.4. The fraction of sp³-hybridized carbons (Fsp3) is 0.300. The number of benzene rings is 2. The van der Waals surface area contributed by atoms with Crippen molar-refractivity contribution < 1.29 is 19.1 Å². The Bertz CT molecular complexity index is 826. The van der Waals surface area contributed by atoms with Gasteiger partial charge < -0.3 is 15.3 Å². The van der Waals surface area contributed by atoms with Gasteiger partial charge in [0.25, 0.3) is 11.8 Å². The largest absolute Gasteiger partial charge is 0.372 e. The standard InChI is InChI=1S/C20H20ClFN2O3/c21-15-10-14(11-16(22)12-15)13-23-18(25)20(27)8-4-5-9-24(19(20)26)17-6-2-1-3-7-17/h1-3,6-7,10-12,27H,4-5,8-9,13H2,(H,23,25)/t20-/m0/s1. The SMILES string of the molecule is O=C(NCc1cc(F)cc(Cl)c1)[C@@]1(O)CCCCN(c2ccccc2)C1=O. The number of carbonyl (C=O) groups is 2. The Hall–Kier alpha value is -2.44. The summed E-state index contributed by atoms with van der Waals surface area (Å²) in [5.74, 6) is -1.97. The molecule has 1 heterocycles. The quantitative estimate of drug-likeness (QED) is 0.788. The van der Waals surface area contributed by atoms with Crippen molar-refractivity contribution in [3.63, 3.8) is 0 Å². The van der Waals surface area contributed by atoms with Gasteiger partial charge in [0.05, 0.1) is 0 Å². The topological polar surface area (TPSA) is 69.6 Å². The lowest BCUT2D eigenvalue weighted by Crippen LogP contribution is -2.57. The Balaban J connectivity index is 1.77. The van der Waals surface area contributed by atoms with Crippen LogP contribution in [-0.2, 0) is 16.1 Å². The molecule has 7 heteroatoms. The molecule has 1 saturated heterocycles. The molecule has 2 aromatic carbocycles. The highest BCUT2D eigenvalue weighted by molar-refractivity contribution is 6.30. The summed E-state index contributed by atoms with van der Waals surface area (Å²) in [6.45, 7) is 0.384. The van der Waals surface area contributed by atoms with Crippen molar-refractivity contribution in [3.05, 3.63) is 64.9 Å². The van der Waals surface area contributed by atoms with E-state index in [0.29, 0.717) is 30.6 Å². The van der Waals surface area contributed by atoms with E-state index < -0.39 is 23.2 Å². The third kappa shape index (κ3) is 4.28. The molecular weight excluding hydrogens is 371 g/mol. The summed E-state index contributed by atoms with van der Waals surface area (Å²) in [5.41, 5.74) is -1.09. The third-order valence-electron chi connectivity index (χ3n) is 4.59. The summed E-state index contributed by atoms with van der Waals surface area (Å²) < 4.78 is 13.4. The van der Waals surface area contributed by atoms with Crippen LogP contribution in [0.4, 0.5) is 10.1 Å². The minimum Gasteiger partial charge on any atom is -0.372 e. The first kappa shape index (κ1) is 19.3. The molecule has 3 rings (SSSR count). The maximum absolute atomic E-state index is 13.4. The van der Waals surface area contributed by atoms with Gasteiger partial charge in [-0.1, -0.05) is 29.8 Å². The van der Waals surface area contributed by atoms with Crippen LogP contribution < -0.4 is 10.2 Å². The van der Waals surface area contributed by atoms with Crippen LogP contribution >= 0.6 is 11.6 Å². The number of halogens is 2. The van der Waals surface area contributed by atoms with Crippen LogP contribution in [-0.4, -0.2) is 29.1 Å². The Labute approximate surface area is 161 Å². The first-order valence-electron chi connectivity index (χ1n) is 8.73. The van der Waals surface area contributed by atoms with Crippen molar-refractivity contribution >= 4 is 29.1 Å². The molecule has 0 saturated carbocycles. The minimum absolute atomic E-state index is 0.0326. The van der Waals surface area contributed by atoms with E-state index in [2.05, 4.69) is 5.32 Å². The fourth-order valence-electron chi connectivity index (χ4n) is 3.19. The second kappa shape index (κ2) is 8.06. The predicted octanol–water partition coefficient (Wildman–Crippen LogP) is 3.04. The lowest BCUT2D eigenvalue weighted by atomic mass is 9.95. The van der Waals surface area contributed by atoms with Gasteiger partial charge in [-0.25, -0.2) is 4.39 Å². The van der Waals surface area contributed by atoms with Crippen molar-refractivity contribution in [1.82, 2.24) is 5.32 Å². The highest BCUT2D eigenvalue weighted by Crippen LogP contribution is 2.27. The van der Waals surface area contributed by atoms with Gasteiger partial charge in [-0.2, -0.15) is 0 Å². The van der Waals surface area contributed by atoms with Gasteiger partial charge in [0, 0.05) is 23.8 Å². The van der Waals surface area contributed by atoms with Crippen LogP contribution in [0.15, 0.2) is 48.5 Å². The predicted molar refractivity (Wildman–Crippen MR) is 101 cm³/mol. The van der Waals surface area contributed by atoms with E-state index in [1.54, 1.807) is 24.3 Å². The van der Waals surface area contributed by atoms with E-state index >= 15 is 0 Å². The first-order chi connectivity index (χ1) is 12.9. The lowest BCUT2D eigenvalue weighted by Gasteiger charge is -2.29. The zero-order valence-corrected chi connectivity index (χ0v) is 15.4. The van der Waals surface area contributed by atoms with E-state index in [4.69, 9.17) is 11.6 Å². The molecule has 0 bridgehead atoms. The molecule has 5 nitrogen and oxygen atoms in total. The summed E-state index contributed by atoms with van der Waals surface area (Å²) in [6.07, 6.45) is 1.24. The number of carbonyl (C=O) groups excluding carboxylic acids is 2. The lowest BCUT2D eigenvalue weighted by molar-refractivity contribution is -0.152. The molecule has 0 radical (unpaired) electrons. The van der Waals surface area contributed by atoms with Crippen LogP contribution in [0.1, 0.15) is 24.8 Å². The summed E-state index contributed by atoms with van der Waals surface area (Å²) >= 11 is 5.81. The molecule has 1 aliphatic rings. The number of amides is 2. The number of hydrogen-bond acceptors (Lipinski definition) is 3. The van der Waals surface area contributed by atoms with Gasteiger partial charge in [0.15, 0.2) is 0 Å². The molecule has 142 valence electrons. The summed E-state index contributed by atoms with van der Waals surface area (Å²) in [6, 6.07) is 12.8. The maximum Gasteiger partial charge on any atom is 0.268 e. The fourth-order valence-corrected chi connectivity index (χ4v) is 3.43. The van der Waals surface area contributed by atoms with Crippen LogP contribution in [0.5, 0.6) is 0 Å².